The summed E-state index contributed by atoms with van der Waals surface area (Å²) in [6.07, 6.45) is 1.49. The summed E-state index contributed by atoms with van der Waals surface area (Å²) in [5, 5.41) is 3.69. The molecule has 0 spiro atoms. The van der Waals surface area contributed by atoms with Crippen LogP contribution in [0.5, 0.6) is 0 Å². The van der Waals surface area contributed by atoms with Crippen LogP contribution < -0.4 is 10.3 Å². The van der Waals surface area contributed by atoms with Gasteiger partial charge in [-0.1, -0.05) is 5.16 Å². The third kappa shape index (κ3) is 3.64. The standard InChI is InChI=1S/C12H15N5O5S/c18-12-9(2-1-3-13-12)11-15-10(22-16-11)8-14-23(19,20)17-4-6-21-7-5-17/h1-3,14H,4-8H2,(H,13,18). The zero-order valence-electron chi connectivity index (χ0n) is 12.1. The lowest BCUT2D eigenvalue weighted by atomic mass is 10.3. The second-order valence-electron chi connectivity index (χ2n) is 4.76. The Labute approximate surface area is 131 Å². The summed E-state index contributed by atoms with van der Waals surface area (Å²) in [5.74, 6) is 0.174. The Morgan fingerprint density at radius 1 is 1.35 bits per heavy atom. The largest absolute Gasteiger partial charge is 0.379 e. The van der Waals surface area contributed by atoms with E-state index in [4.69, 9.17) is 9.26 Å². The first-order chi connectivity index (χ1) is 11.1. The van der Waals surface area contributed by atoms with Gasteiger partial charge in [0.05, 0.1) is 25.3 Å². The maximum Gasteiger partial charge on any atom is 0.280 e. The lowest BCUT2D eigenvalue weighted by Gasteiger charge is -2.25. The Morgan fingerprint density at radius 3 is 2.87 bits per heavy atom. The number of morpholine rings is 1. The zero-order valence-corrected chi connectivity index (χ0v) is 12.9. The van der Waals surface area contributed by atoms with Crippen molar-refractivity contribution in [3.05, 3.63) is 34.6 Å². The van der Waals surface area contributed by atoms with Gasteiger partial charge in [0.1, 0.15) is 0 Å². The molecule has 2 aromatic rings. The molecule has 124 valence electrons. The van der Waals surface area contributed by atoms with Gasteiger partial charge in [-0.2, -0.15) is 22.4 Å². The van der Waals surface area contributed by atoms with Gasteiger partial charge in [-0.25, -0.2) is 0 Å². The Hall–Kier alpha value is -2.08. The van der Waals surface area contributed by atoms with Gasteiger partial charge in [-0.15, -0.1) is 0 Å². The highest BCUT2D eigenvalue weighted by Crippen LogP contribution is 2.10. The molecule has 1 aliphatic rings. The molecule has 0 amide bonds. The zero-order chi connectivity index (χ0) is 16.3. The molecule has 1 fully saturated rings. The molecule has 3 rings (SSSR count). The fourth-order valence-corrected chi connectivity index (χ4v) is 3.18. The van der Waals surface area contributed by atoms with E-state index in [1.807, 2.05) is 0 Å². The summed E-state index contributed by atoms with van der Waals surface area (Å²) >= 11 is 0. The van der Waals surface area contributed by atoms with Gasteiger partial charge in [0, 0.05) is 19.3 Å². The summed E-state index contributed by atoms with van der Waals surface area (Å²) in [7, 11) is -3.64. The van der Waals surface area contributed by atoms with Crippen LogP contribution in [0.3, 0.4) is 0 Å². The summed E-state index contributed by atoms with van der Waals surface area (Å²) in [6, 6.07) is 3.18. The van der Waals surface area contributed by atoms with E-state index in [1.54, 1.807) is 12.1 Å². The summed E-state index contributed by atoms with van der Waals surface area (Å²) in [5.41, 5.74) is -0.104. The average Bonchev–Trinajstić information content (AvgIpc) is 3.03. The number of aromatic nitrogens is 3. The number of nitrogens with zero attached hydrogens (tertiary/aromatic N) is 3. The van der Waals surface area contributed by atoms with Crippen LogP contribution in [0.15, 0.2) is 27.6 Å². The molecular weight excluding hydrogens is 326 g/mol. The lowest BCUT2D eigenvalue weighted by Crippen LogP contribution is -2.46. The monoisotopic (exact) mass is 341 g/mol. The minimum atomic E-state index is -3.64. The van der Waals surface area contributed by atoms with Crippen molar-refractivity contribution in [2.24, 2.45) is 0 Å². The highest BCUT2D eigenvalue weighted by molar-refractivity contribution is 7.87. The molecule has 0 aromatic carbocycles. The Kier molecular flexibility index (Phi) is 4.52. The minimum Gasteiger partial charge on any atom is -0.379 e. The maximum atomic E-state index is 12.1. The summed E-state index contributed by atoms with van der Waals surface area (Å²) in [6.45, 7) is 1.16. The SMILES string of the molecule is O=c1[nH]cccc1-c1noc(CNS(=O)(=O)N2CCOCC2)n1. The molecule has 0 bridgehead atoms. The molecule has 23 heavy (non-hydrogen) atoms. The van der Waals surface area contributed by atoms with Crippen LogP contribution in [0.2, 0.25) is 0 Å². The van der Waals surface area contributed by atoms with E-state index in [0.717, 1.165) is 0 Å². The Balaban J connectivity index is 1.68. The molecular formula is C12H15N5O5S. The van der Waals surface area contributed by atoms with E-state index in [-0.39, 0.29) is 29.4 Å². The predicted octanol–water partition coefficient (Wildman–Crippen LogP) is -0.908. The fourth-order valence-electron chi connectivity index (χ4n) is 2.06. The van der Waals surface area contributed by atoms with Crippen LogP contribution in [0.4, 0.5) is 0 Å². The smallest absolute Gasteiger partial charge is 0.280 e. The van der Waals surface area contributed by atoms with Gasteiger partial charge in [0.2, 0.25) is 11.7 Å². The Bertz CT molecular complexity index is 824. The van der Waals surface area contributed by atoms with E-state index in [9.17, 15) is 13.2 Å². The van der Waals surface area contributed by atoms with E-state index in [1.165, 1.54) is 10.5 Å². The number of pyridine rings is 1. The molecule has 1 aliphatic heterocycles. The molecule has 2 N–H and O–H groups in total. The Morgan fingerprint density at radius 2 is 2.13 bits per heavy atom. The molecule has 1 saturated heterocycles. The van der Waals surface area contributed by atoms with Crippen LogP contribution in [0.25, 0.3) is 11.4 Å². The number of aromatic amines is 1. The van der Waals surface area contributed by atoms with E-state index in [2.05, 4.69) is 19.8 Å². The van der Waals surface area contributed by atoms with Crippen molar-refractivity contribution in [3.63, 3.8) is 0 Å². The van der Waals surface area contributed by atoms with Gasteiger partial charge >= 0.3 is 0 Å². The average molecular weight is 341 g/mol. The van der Waals surface area contributed by atoms with Crippen molar-refractivity contribution in [1.29, 1.82) is 0 Å². The fraction of sp³-hybridized carbons (Fsp3) is 0.417. The van der Waals surface area contributed by atoms with Gasteiger partial charge in [-0.3, -0.25) is 4.79 Å². The number of hydrogen-bond acceptors (Lipinski definition) is 7. The maximum absolute atomic E-state index is 12.1. The highest BCUT2D eigenvalue weighted by atomic mass is 32.2. The molecule has 2 aromatic heterocycles. The second kappa shape index (κ2) is 6.58. The topological polar surface area (TPSA) is 130 Å². The van der Waals surface area contributed by atoms with Crippen LogP contribution in [-0.2, 0) is 21.5 Å². The van der Waals surface area contributed by atoms with Crippen LogP contribution in [0, 0.1) is 0 Å². The van der Waals surface area contributed by atoms with Gasteiger partial charge in [-0.05, 0) is 12.1 Å². The van der Waals surface area contributed by atoms with Gasteiger partial charge < -0.3 is 14.2 Å². The molecule has 10 nitrogen and oxygen atoms in total. The normalized spacial score (nSPS) is 16.5. The number of ether oxygens (including phenoxy) is 1. The number of rotatable bonds is 5. The molecule has 0 aliphatic carbocycles. The first kappa shape index (κ1) is 15.8. The van der Waals surface area contributed by atoms with Gasteiger partial charge in [0.15, 0.2) is 0 Å². The van der Waals surface area contributed by atoms with Crippen molar-refractivity contribution in [1.82, 2.24) is 24.2 Å². The minimum absolute atomic E-state index is 0.0695. The number of nitrogens with one attached hydrogen (secondary N) is 2. The van der Waals surface area contributed by atoms with Crippen molar-refractivity contribution in [3.8, 4) is 11.4 Å². The van der Waals surface area contributed by atoms with Crippen LogP contribution in [-0.4, -0.2) is 54.2 Å². The number of hydrogen-bond donors (Lipinski definition) is 2. The van der Waals surface area contributed by atoms with E-state index >= 15 is 0 Å². The lowest BCUT2D eigenvalue weighted by molar-refractivity contribution is 0.0724. The summed E-state index contributed by atoms with van der Waals surface area (Å²) in [4.78, 5) is 18.2. The van der Waals surface area contributed by atoms with Gasteiger partial charge in [0.25, 0.3) is 15.8 Å². The molecule has 0 radical (unpaired) electrons. The van der Waals surface area contributed by atoms with Crippen molar-refractivity contribution in [2.75, 3.05) is 26.3 Å². The molecule has 3 heterocycles. The second-order valence-corrected chi connectivity index (χ2v) is 6.52. The molecule has 0 saturated carbocycles. The quantitative estimate of drug-likeness (QED) is 0.720. The number of H-pyrrole nitrogens is 1. The van der Waals surface area contributed by atoms with Crippen molar-refractivity contribution < 1.29 is 17.7 Å². The molecule has 11 heteroatoms. The van der Waals surface area contributed by atoms with Crippen molar-refractivity contribution >= 4 is 10.2 Å². The predicted molar refractivity (Wildman–Crippen MR) is 78.5 cm³/mol. The summed E-state index contributed by atoms with van der Waals surface area (Å²) < 4.78 is 38.0. The molecule has 0 unspecified atom stereocenters. The van der Waals surface area contributed by atoms with Crippen LogP contribution in [0.1, 0.15) is 5.89 Å². The third-order valence-corrected chi connectivity index (χ3v) is 4.80. The van der Waals surface area contributed by atoms with E-state index < -0.39 is 10.2 Å². The first-order valence-corrected chi connectivity index (χ1v) is 8.33. The molecule has 0 atom stereocenters. The highest BCUT2D eigenvalue weighted by Gasteiger charge is 2.24. The van der Waals surface area contributed by atoms with Crippen molar-refractivity contribution in [2.45, 2.75) is 6.54 Å². The van der Waals surface area contributed by atoms with E-state index in [0.29, 0.717) is 26.3 Å². The van der Waals surface area contributed by atoms with Crippen LogP contribution >= 0.6 is 0 Å². The first-order valence-electron chi connectivity index (χ1n) is 6.89. The third-order valence-electron chi connectivity index (χ3n) is 3.24.